The third-order valence-corrected chi connectivity index (χ3v) is 4.77. The minimum atomic E-state index is -0.879. The number of pyridine rings is 2. The Morgan fingerprint density at radius 3 is 2.41 bits per heavy atom. The molecule has 0 unspecified atom stereocenters. The van der Waals surface area contributed by atoms with Crippen LogP contribution in [0.1, 0.15) is 23.7 Å². The van der Waals surface area contributed by atoms with E-state index in [0.29, 0.717) is 17.1 Å². The van der Waals surface area contributed by atoms with Crippen LogP contribution in [0.5, 0.6) is 0 Å². The van der Waals surface area contributed by atoms with E-state index in [9.17, 15) is 13.6 Å². The van der Waals surface area contributed by atoms with Crippen LogP contribution in [0, 0.1) is 11.8 Å². The van der Waals surface area contributed by atoms with Gasteiger partial charge >= 0.3 is 0 Å². The van der Waals surface area contributed by atoms with Crippen molar-refractivity contribution in [2.75, 3.05) is 0 Å². The summed E-state index contributed by atoms with van der Waals surface area (Å²) in [6.07, 6.45) is 1.44. The molecule has 7 heteroatoms. The Morgan fingerprint density at radius 1 is 1.00 bits per heavy atom. The molecule has 2 N–H and O–H groups in total. The minimum absolute atomic E-state index is 0.243. The van der Waals surface area contributed by atoms with E-state index < -0.39 is 11.5 Å². The first-order chi connectivity index (χ1) is 13.0. The molecule has 1 aromatic carbocycles. The van der Waals surface area contributed by atoms with E-state index in [2.05, 4.69) is 20.3 Å². The van der Waals surface area contributed by atoms with Crippen molar-refractivity contribution in [1.82, 2.24) is 15.3 Å². The van der Waals surface area contributed by atoms with Gasteiger partial charge in [0.1, 0.15) is 17.2 Å². The highest BCUT2D eigenvalue weighted by atomic mass is 19.1. The van der Waals surface area contributed by atoms with Crippen LogP contribution in [-0.4, -0.2) is 21.8 Å². The lowest BCUT2D eigenvalue weighted by atomic mass is 9.79. The summed E-state index contributed by atoms with van der Waals surface area (Å²) in [6.45, 7) is 1.90. The highest BCUT2D eigenvalue weighted by molar-refractivity contribution is 5.99. The van der Waals surface area contributed by atoms with Crippen molar-refractivity contribution in [3.05, 3.63) is 99.7 Å². The lowest BCUT2D eigenvalue weighted by molar-refractivity contribution is 0.430. The molecule has 0 saturated heterocycles. The predicted octanol–water partition coefficient (Wildman–Crippen LogP) is 2.73. The highest BCUT2D eigenvalue weighted by Gasteiger charge is 2.45. The lowest BCUT2D eigenvalue weighted by Crippen LogP contribution is -2.48. The molecule has 1 aliphatic heterocycles. The Hall–Kier alpha value is -3.35. The predicted molar refractivity (Wildman–Crippen MR) is 97.6 cm³/mol. The summed E-state index contributed by atoms with van der Waals surface area (Å²) < 4.78 is 26.9. The van der Waals surface area contributed by atoms with Gasteiger partial charge in [-0.1, -0.05) is 24.3 Å². The van der Waals surface area contributed by atoms with Gasteiger partial charge in [-0.2, -0.15) is 4.39 Å². The van der Waals surface area contributed by atoms with E-state index in [-0.39, 0.29) is 17.4 Å². The Kier molecular flexibility index (Phi) is 4.07. The molecule has 5 nitrogen and oxygen atoms in total. The monoisotopic (exact) mass is 366 g/mol. The van der Waals surface area contributed by atoms with Crippen molar-refractivity contribution in [1.29, 1.82) is 0 Å². The minimum Gasteiger partial charge on any atom is -0.353 e. The van der Waals surface area contributed by atoms with Crippen LogP contribution in [0.25, 0.3) is 0 Å². The molecule has 1 aliphatic rings. The van der Waals surface area contributed by atoms with Crippen LogP contribution in [0.3, 0.4) is 0 Å². The summed E-state index contributed by atoms with van der Waals surface area (Å²) in [4.78, 5) is 22.9. The molecule has 0 bridgehead atoms. The number of aromatic amines is 1. The number of benzene rings is 1. The van der Waals surface area contributed by atoms with Gasteiger partial charge in [-0.05, 0) is 36.8 Å². The van der Waals surface area contributed by atoms with Crippen molar-refractivity contribution < 1.29 is 8.78 Å². The number of hydrogen-bond donors (Lipinski definition) is 2. The Morgan fingerprint density at radius 2 is 1.74 bits per heavy atom. The maximum Gasteiger partial charge on any atom is 0.248 e. The molecular weight excluding hydrogens is 350 g/mol. The number of rotatable bonds is 3. The number of amidine groups is 1. The maximum atomic E-state index is 13.5. The molecule has 136 valence electrons. The number of nitrogens with one attached hydrogen (secondary N) is 2. The third-order valence-electron chi connectivity index (χ3n) is 4.77. The van der Waals surface area contributed by atoms with Gasteiger partial charge in [-0.3, -0.25) is 9.79 Å². The van der Waals surface area contributed by atoms with E-state index in [4.69, 9.17) is 0 Å². The molecule has 0 amide bonds. The molecule has 0 fully saturated rings. The lowest BCUT2D eigenvalue weighted by Gasteiger charge is -2.34. The fraction of sp³-hybridized carbons (Fsp3) is 0.150. The quantitative estimate of drug-likeness (QED) is 0.701. The first kappa shape index (κ1) is 17.1. The smallest absolute Gasteiger partial charge is 0.248 e. The highest BCUT2D eigenvalue weighted by Crippen LogP contribution is 2.38. The van der Waals surface area contributed by atoms with Crippen LogP contribution in [0.2, 0.25) is 0 Å². The number of halogens is 2. The second kappa shape index (κ2) is 6.42. The maximum absolute atomic E-state index is 13.5. The van der Waals surface area contributed by atoms with Gasteiger partial charge < -0.3 is 10.3 Å². The van der Waals surface area contributed by atoms with Crippen molar-refractivity contribution in [3.8, 4) is 0 Å². The number of hydrogen-bond acceptors (Lipinski definition) is 4. The number of H-pyrrole nitrogens is 1. The molecular formula is C20H16F2N4O. The SMILES string of the molecule is C[C@@H]1N=C(c2cccc(=O)[nH]2)N[C@]1(c1ccc(F)cc1)c1ccc(F)nc1. The molecule has 3 aromatic rings. The van der Waals surface area contributed by atoms with E-state index >= 15 is 0 Å². The summed E-state index contributed by atoms with van der Waals surface area (Å²) in [5.74, 6) is -0.452. The zero-order valence-corrected chi connectivity index (χ0v) is 14.4. The third kappa shape index (κ3) is 2.91. The van der Waals surface area contributed by atoms with Crippen molar-refractivity contribution >= 4 is 5.84 Å². The number of aromatic nitrogens is 2. The largest absolute Gasteiger partial charge is 0.353 e. The van der Waals surface area contributed by atoms with Gasteiger partial charge in [0, 0.05) is 17.8 Å². The van der Waals surface area contributed by atoms with Gasteiger partial charge in [0.05, 0.1) is 11.7 Å². The van der Waals surface area contributed by atoms with E-state index in [1.54, 1.807) is 30.3 Å². The zero-order chi connectivity index (χ0) is 19.0. The summed E-state index contributed by atoms with van der Waals surface area (Å²) in [5, 5.41) is 3.36. The zero-order valence-electron chi connectivity index (χ0n) is 14.4. The number of aliphatic imine (C=N–C) groups is 1. The second-order valence-electron chi connectivity index (χ2n) is 6.39. The molecule has 4 rings (SSSR count). The summed E-state index contributed by atoms with van der Waals surface area (Å²) in [6, 6.07) is 13.4. The fourth-order valence-corrected chi connectivity index (χ4v) is 3.45. The summed E-state index contributed by atoms with van der Waals surface area (Å²) in [7, 11) is 0. The van der Waals surface area contributed by atoms with Gasteiger partial charge in [-0.25, -0.2) is 9.37 Å². The molecule has 0 saturated carbocycles. The van der Waals surface area contributed by atoms with Crippen LogP contribution in [0.15, 0.2) is 70.6 Å². The van der Waals surface area contributed by atoms with Crippen LogP contribution in [0.4, 0.5) is 8.78 Å². The fourth-order valence-electron chi connectivity index (χ4n) is 3.45. The van der Waals surface area contributed by atoms with Gasteiger partial charge in [-0.15, -0.1) is 0 Å². The molecule has 0 aliphatic carbocycles. The Bertz CT molecular complexity index is 1010. The van der Waals surface area contributed by atoms with Gasteiger partial charge in [0.2, 0.25) is 11.5 Å². The molecule has 0 radical (unpaired) electrons. The van der Waals surface area contributed by atoms with Crippen molar-refractivity contribution in [3.63, 3.8) is 0 Å². The van der Waals surface area contributed by atoms with Crippen LogP contribution >= 0.6 is 0 Å². The Balaban J connectivity index is 1.86. The summed E-state index contributed by atoms with van der Waals surface area (Å²) in [5.41, 5.74) is 0.846. The van der Waals surface area contributed by atoms with Crippen molar-refractivity contribution in [2.24, 2.45) is 4.99 Å². The summed E-state index contributed by atoms with van der Waals surface area (Å²) >= 11 is 0. The first-order valence-corrected chi connectivity index (χ1v) is 8.43. The van der Waals surface area contributed by atoms with E-state index in [0.717, 1.165) is 5.56 Å². The molecule has 2 aromatic heterocycles. The van der Waals surface area contributed by atoms with E-state index in [1.807, 2.05) is 6.92 Å². The topological polar surface area (TPSA) is 70.1 Å². The van der Waals surface area contributed by atoms with Crippen molar-refractivity contribution in [2.45, 2.75) is 18.5 Å². The van der Waals surface area contributed by atoms with Gasteiger partial charge in [0.25, 0.3) is 0 Å². The van der Waals surface area contributed by atoms with Crippen LogP contribution in [-0.2, 0) is 5.54 Å². The van der Waals surface area contributed by atoms with E-state index in [1.165, 1.54) is 30.5 Å². The average Bonchev–Trinajstić information content (AvgIpc) is 3.01. The average molecular weight is 366 g/mol. The standard InChI is InChI=1S/C20H16F2N4O/c1-12-20(13-5-8-15(21)9-6-13,14-7-10-17(22)23-11-14)26-19(24-12)16-3-2-4-18(27)25-16/h2-12H,1H3,(H,24,26)(H,25,27)/t12-,20+/m0/s1. The second-order valence-corrected chi connectivity index (χ2v) is 6.39. The van der Waals surface area contributed by atoms with Crippen LogP contribution < -0.4 is 10.9 Å². The Labute approximate surface area is 153 Å². The molecule has 2 atom stereocenters. The molecule has 27 heavy (non-hydrogen) atoms. The first-order valence-electron chi connectivity index (χ1n) is 8.43. The van der Waals surface area contributed by atoms with Gasteiger partial charge in [0.15, 0.2) is 0 Å². The molecule has 3 heterocycles. The number of nitrogens with zero attached hydrogens (tertiary/aromatic N) is 2. The normalized spacial score (nSPS) is 21.6. The molecule has 0 spiro atoms.